The standard InChI is InChI=1S/C21H18N2O2.C20H20O.C2H6.Al/c1-21-11-3-2-6-18(25)20(21)23-16(10-12-21)13-15-9-8-14-5-4-7-17(24)19(14)22-15;1-20(2,3)18-9-6-14(7-10-18)15-4-5-17-13-19(21)11-8-16(17)12-15;1-2;/h2-12,24-25H,13H2,1H3;4-13,21H,1-3H3;1-2H3;/q;;;+3/p-3. The van der Waals surface area contributed by atoms with Gasteiger partial charge in [0.05, 0.1) is 11.4 Å². The van der Waals surface area contributed by atoms with E-state index in [0.29, 0.717) is 23.7 Å². The summed E-state index contributed by atoms with van der Waals surface area (Å²) in [5, 5.41) is 3.21. The Morgan fingerprint density at radius 1 is 0.755 bits per heavy atom. The summed E-state index contributed by atoms with van der Waals surface area (Å²) in [6, 6.07) is 31.7. The Balaban J connectivity index is 0.00000186. The maximum Gasteiger partial charge on any atom is 1.20 e. The van der Waals surface area contributed by atoms with Crippen LogP contribution in [0, 0.1) is 5.41 Å². The lowest BCUT2D eigenvalue weighted by molar-refractivity contribution is 0.258. The van der Waals surface area contributed by atoms with E-state index in [-0.39, 0.29) is 5.41 Å². The van der Waals surface area contributed by atoms with Crippen molar-refractivity contribution >= 4 is 42.5 Å². The largest absolute Gasteiger partial charge is 1.20 e. The van der Waals surface area contributed by atoms with Crippen molar-refractivity contribution in [1.82, 2.24) is 4.98 Å². The molecule has 3 heterocycles. The molecular formula is C43H41AlN2O3. The highest BCUT2D eigenvalue weighted by molar-refractivity contribution is 6.39. The summed E-state index contributed by atoms with van der Waals surface area (Å²) < 4.78 is 20.0. The molecule has 6 heteroatoms. The second-order valence-corrected chi connectivity index (χ2v) is 14.9. The number of fused-ring (bicyclic) bond motifs is 2. The molecule has 0 N–H and O–H groups in total. The number of aliphatic imine (C=N–C) groups is 1. The van der Waals surface area contributed by atoms with Crippen molar-refractivity contribution in [2.24, 2.45) is 10.4 Å². The number of rotatable bonds is 3. The van der Waals surface area contributed by atoms with Crippen molar-refractivity contribution in [3.63, 3.8) is 0 Å². The Hall–Kier alpha value is -4.89. The van der Waals surface area contributed by atoms with Crippen molar-refractivity contribution in [3.8, 4) is 22.6 Å². The van der Waals surface area contributed by atoms with Crippen LogP contribution in [-0.2, 0) is 15.6 Å². The predicted octanol–water partition coefficient (Wildman–Crippen LogP) is 10.7. The number of aromatic nitrogens is 1. The number of allylic oxidation sites excluding steroid dienone is 5. The third-order valence-corrected chi connectivity index (χ3v) is 10.5. The molecule has 5 aromatic rings. The van der Waals surface area contributed by atoms with Gasteiger partial charge in [-0.05, 0) is 82.3 Å². The fraction of sp³-hybridized carbons (Fsp3) is 0.209. The normalized spacial score (nSPS) is 18.1. The highest BCUT2D eigenvalue weighted by Crippen LogP contribution is 2.40. The SMILES string of the molecule is CC.CC12C=CC=CC3=C1N=C(C=C2)Cc1ccc2cccc(c2n1)[O][Al]([O]c1ccc2cc(-c4ccc(C(C)(C)C)cc4)ccc2c1)[O]3. The number of benzene rings is 4. The van der Waals surface area contributed by atoms with Crippen LogP contribution < -0.4 is 7.58 Å². The van der Waals surface area contributed by atoms with Crippen molar-refractivity contribution in [1.29, 1.82) is 0 Å². The molecule has 4 bridgehead atoms. The van der Waals surface area contributed by atoms with E-state index in [4.69, 9.17) is 21.3 Å². The van der Waals surface area contributed by atoms with Crippen LogP contribution in [0.3, 0.4) is 0 Å². The monoisotopic (exact) mass is 660 g/mol. The van der Waals surface area contributed by atoms with E-state index < -0.39 is 20.6 Å². The van der Waals surface area contributed by atoms with Crippen LogP contribution in [0.15, 0.2) is 144 Å². The number of nitrogens with zero attached hydrogens (tertiary/aromatic N) is 2. The predicted molar refractivity (Wildman–Crippen MR) is 203 cm³/mol. The van der Waals surface area contributed by atoms with Crippen molar-refractivity contribution < 1.29 is 11.4 Å². The van der Waals surface area contributed by atoms with Crippen LogP contribution in [-0.4, -0.2) is 25.8 Å². The topological polar surface area (TPSA) is 52.9 Å². The minimum absolute atomic E-state index is 0.124. The molecule has 0 amide bonds. The Kier molecular flexibility index (Phi) is 8.79. The van der Waals surface area contributed by atoms with Gasteiger partial charge in [0.25, 0.3) is 0 Å². The van der Waals surface area contributed by atoms with Gasteiger partial charge in [-0.3, -0.25) is 4.99 Å². The lowest BCUT2D eigenvalue weighted by Gasteiger charge is -2.29. The van der Waals surface area contributed by atoms with Gasteiger partial charge in [0, 0.05) is 28.6 Å². The molecule has 0 fully saturated rings. The maximum absolute atomic E-state index is 6.73. The van der Waals surface area contributed by atoms with Gasteiger partial charge in [0.15, 0.2) is 0 Å². The molecule has 0 saturated heterocycles. The molecule has 0 spiro atoms. The van der Waals surface area contributed by atoms with Gasteiger partial charge in [-0.25, -0.2) is 4.98 Å². The molecule has 1 atom stereocenters. The fourth-order valence-electron chi connectivity index (χ4n) is 6.34. The quantitative estimate of drug-likeness (QED) is 0.181. The van der Waals surface area contributed by atoms with Crippen LogP contribution in [0.25, 0.3) is 32.8 Å². The number of pyridine rings is 1. The lowest BCUT2D eigenvalue weighted by atomic mass is 9.83. The second kappa shape index (κ2) is 13.2. The molecule has 3 aliphatic rings. The van der Waals surface area contributed by atoms with Gasteiger partial charge in [0.1, 0.15) is 17.0 Å². The molecule has 1 aromatic heterocycles. The first kappa shape index (κ1) is 32.6. The zero-order chi connectivity index (χ0) is 34.2. The Bertz CT molecular complexity index is 2210. The van der Waals surface area contributed by atoms with Gasteiger partial charge >= 0.3 is 15.1 Å². The summed E-state index contributed by atoms with van der Waals surface area (Å²) in [6.07, 6.45) is 13.0. The summed E-state index contributed by atoms with van der Waals surface area (Å²) in [5.41, 5.74) is 6.90. The molecule has 4 aromatic carbocycles. The molecule has 2 aliphatic heterocycles. The van der Waals surface area contributed by atoms with E-state index in [1.54, 1.807) is 0 Å². The van der Waals surface area contributed by atoms with Crippen LogP contribution >= 0.6 is 0 Å². The van der Waals surface area contributed by atoms with E-state index in [1.807, 2.05) is 56.3 Å². The average Bonchev–Trinajstić information content (AvgIpc) is 3.26. The smallest absolute Gasteiger partial charge is 0.577 e. The van der Waals surface area contributed by atoms with Crippen LogP contribution in [0.4, 0.5) is 0 Å². The zero-order valence-electron chi connectivity index (χ0n) is 29.0. The van der Waals surface area contributed by atoms with Gasteiger partial charge in [-0.15, -0.1) is 0 Å². The summed E-state index contributed by atoms with van der Waals surface area (Å²) in [4.78, 5) is 10.1. The fourth-order valence-corrected chi connectivity index (χ4v) is 7.65. The molecule has 0 radical (unpaired) electrons. The average molecular weight is 661 g/mol. The second-order valence-electron chi connectivity index (χ2n) is 13.7. The number of hydrogen-bond acceptors (Lipinski definition) is 5. The Morgan fingerprint density at radius 3 is 2.33 bits per heavy atom. The molecule has 8 rings (SSSR count). The third-order valence-electron chi connectivity index (χ3n) is 9.10. The van der Waals surface area contributed by atoms with Gasteiger partial charge in [-0.2, -0.15) is 0 Å². The highest BCUT2D eigenvalue weighted by Gasteiger charge is 2.47. The molecule has 0 saturated carbocycles. The summed E-state index contributed by atoms with van der Waals surface area (Å²) >= 11 is -2.91. The molecule has 49 heavy (non-hydrogen) atoms. The summed E-state index contributed by atoms with van der Waals surface area (Å²) in [6.45, 7) is 12.9. The maximum atomic E-state index is 6.73. The van der Waals surface area contributed by atoms with Crippen LogP contribution in [0.5, 0.6) is 11.5 Å². The minimum atomic E-state index is -2.91. The minimum Gasteiger partial charge on any atom is -0.577 e. The molecule has 1 unspecified atom stereocenters. The van der Waals surface area contributed by atoms with E-state index in [9.17, 15) is 0 Å². The number of para-hydroxylation sites is 1. The van der Waals surface area contributed by atoms with E-state index in [1.165, 1.54) is 16.7 Å². The first-order valence-electron chi connectivity index (χ1n) is 17.1. The van der Waals surface area contributed by atoms with Gasteiger partial charge in [0.2, 0.25) is 0 Å². The van der Waals surface area contributed by atoms with E-state index in [0.717, 1.165) is 38.8 Å². The lowest BCUT2D eigenvalue weighted by Crippen LogP contribution is -2.34. The van der Waals surface area contributed by atoms with E-state index in [2.05, 4.69) is 113 Å². The summed E-state index contributed by atoms with van der Waals surface area (Å²) in [7, 11) is 0. The first-order valence-corrected chi connectivity index (χ1v) is 18.5. The third kappa shape index (κ3) is 6.72. The molecular weight excluding hydrogens is 619 g/mol. The number of dihydropyridines is 1. The molecule has 244 valence electrons. The number of hydrogen-bond donors (Lipinski definition) is 0. The van der Waals surface area contributed by atoms with E-state index >= 15 is 0 Å². The first-order chi connectivity index (χ1) is 23.7. The highest BCUT2D eigenvalue weighted by atomic mass is 27.3. The summed E-state index contributed by atoms with van der Waals surface area (Å²) in [5.74, 6) is 1.99. The van der Waals surface area contributed by atoms with Crippen molar-refractivity contribution in [3.05, 3.63) is 150 Å². The van der Waals surface area contributed by atoms with Crippen molar-refractivity contribution in [2.45, 2.75) is 53.4 Å². The Morgan fingerprint density at radius 2 is 1.51 bits per heavy atom. The van der Waals surface area contributed by atoms with Gasteiger partial charge in [-0.1, -0.05) is 120 Å². The zero-order valence-corrected chi connectivity index (χ0v) is 30.2. The van der Waals surface area contributed by atoms with Gasteiger partial charge < -0.3 is 11.4 Å². The Labute approximate surface area is 294 Å². The van der Waals surface area contributed by atoms with Crippen molar-refractivity contribution in [2.75, 3.05) is 0 Å². The van der Waals surface area contributed by atoms with Crippen LogP contribution in [0.2, 0.25) is 0 Å². The molecule has 1 aliphatic carbocycles. The molecule has 5 nitrogen and oxygen atoms in total. The van der Waals surface area contributed by atoms with Crippen LogP contribution in [0.1, 0.15) is 52.8 Å².